The highest BCUT2D eigenvalue weighted by molar-refractivity contribution is 6.07. The number of methoxy groups -OCH3 is 2. The smallest absolute Gasteiger partial charge is 0.273 e. The molecule has 0 unspecified atom stereocenters. The average molecular weight is 460 g/mol. The molecule has 0 radical (unpaired) electrons. The number of aromatic nitrogens is 2. The van der Waals surface area contributed by atoms with E-state index in [1.165, 1.54) is 32.2 Å². The van der Waals surface area contributed by atoms with Crippen LogP contribution in [0.1, 0.15) is 15.9 Å². The van der Waals surface area contributed by atoms with Crippen molar-refractivity contribution in [1.82, 2.24) is 10.1 Å². The number of hydrogen-bond acceptors (Lipinski definition) is 8. The summed E-state index contributed by atoms with van der Waals surface area (Å²) >= 11 is 0. The SMILES string of the molecule is COc1ccc(-c2noc(-c3ccccc3NC(=O)c3cccc([N+](=O)[O-])c3C)n2)cc1OC. The van der Waals surface area contributed by atoms with Crippen molar-refractivity contribution in [3.05, 3.63) is 81.9 Å². The van der Waals surface area contributed by atoms with E-state index in [2.05, 4.69) is 15.5 Å². The van der Waals surface area contributed by atoms with Gasteiger partial charge in [0.25, 0.3) is 17.5 Å². The number of nitro groups is 1. The molecule has 1 amide bonds. The van der Waals surface area contributed by atoms with Gasteiger partial charge in [-0.15, -0.1) is 0 Å². The molecule has 1 N–H and O–H groups in total. The second-order valence-electron chi connectivity index (χ2n) is 7.20. The number of para-hydroxylation sites is 1. The summed E-state index contributed by atoms with van der Waals surface area (Å²) in [5.74, 6) is 1.11. The van der Waals surface area contributed by atoms with Gasteiger partial charge in [-0.2, -0.15) is 4.98 Å². The highest BCUT2D eigenvalue weighted by atomic mass is 16.6. The van der Waals surface area contributed by atoms with Gasteiger partial charge in [0.2, 0.25) is 5.82 Å². The summed E-state index contributed by atoms with van der Waals surface area (Å²) in [4.78, 5) is 28.1. The van der Waals surface area contributed by atoms with Crippen molar-refractivity contribution in [3.63, 3.8) is 0 Å². The lowest BCUT2D eigenvalue weighted by atomic mass is 10.1. The largest absolute Gasteiger partial charge is 0.493 e. The van der Waals surface area contributed by atoms with Gasteiger partial charge in [0.1, 0.15) is 0 Å². The van der Waals surface area contributed by atoms with Crippen LogP contribution >= 0.6 is 0 Å². The summed E-state index contributed by atoms with van der Waals surface area (Å²) in [5.41, 5.74) is 1.91. The van der Waals surface area contributed by atoms with Crippen molar-refractivity contribution in [2.45, 2.75) is 6.92 Å². The van der Waals surface area contributed by atoms with Crippen molar-refractivity contribution >= 4 is 17.3 Å². The van der Waals surface area contributed by atoms with Gasteiger partial charge in [-0.05, 0) is 43.3 Å². The first-order valence-corrected chi connectivity index (χ1v) is 10.1. The average Bonchev–Trinajstić information content (AvgIpc) is 3.34. The molecule has 4 rings (SSSR count). The van der Waals surface area contributed by atoms with Crippen molar-refractivity contribution < 1.29 is 23.7 Å². The third-order valence-electron chi connectivity index (χ3n) is 5.22. The van der Waals surface area contributed by atoms with Crippen LogP contribution in [0.2, 0.25) is 0 Å². The zero-order valence-corrected chi connectivity index (χ0v) is 18.6. The molecule has 0 fully saturated rings. The second-order valence-corrected chi connectivity index (χ2v) is 7.20. The Labute approximate surface area is 194 Å². The normalized spacial score (nSPS) is 10.6. The number of carbonyl (C=O) groups is 1. The Morgan fingerprint density at radius 3 is 2.53 bits per heavy atom. The lowest BCUT2D eigenvalue weighted by molar-refractivity contribution is -0.385. The molecular weight excluding hydrogens is 440 g/mol. The first kappa shape index (κ1) is 22.5. The zero-order chi connectivity index (χ0) is 24.2. The minimum Gasteiger partial charge on any atom is -0.493 e. The molecule has 0 aliphatic rings. The third-order valence-corrected chi connectivity index (χ3v) is 5.22. The monoisotopic (exact) mass is 460 g/mol. The lowest BCUT2D eigenvalue weighted by Crippen LogP contribution is -2.14. The number of ether oxygens (including phenoxy) is 2. The summed E-state index contributed by atoms with van der Waals surface area (Å²) in [6, 6.07) is 16.5. The van der Waals surface area contributed by atoms with Crippen LogP contribution in [0, 0.1) is 17.0 Å². The van der Waals surface area contributed by atoms with E-state index in [4.69, 9.17) is 14.0 Å². The van der Waals surface area contributed by atoms with E-state index >= 15 is 0 Å². The molecule has 1 heterocycles. The molecule has 10 heteroatoms. The van der Waals surface area contributed by atoms with Crippen LogP contribution in [0.5, 0.6) is 11.5 Å². The van der Waals surface area contributed by atoms with Gasteiger partial charge in [-0.3, -0.25) is 14.9 Å². The van der Waals surface area contributed by atoms with E-state index in [0.717, 1.165) is 0 Å². The van der Waals surface area contributed by atoms with Gasteiger partial charge in [0, 0.05) is 22.8 Å². The van der Waals surface area contributed by atoms with Crippen molar-refractivity contribution in [3.8, 4) is 34.3 Å². The van der Waals surface area contributed by atoms with Gasteiger partial charge in [-0.1, -0.05) is 23.4 Å². The molecule has 0 saturated heterocycles. The van der Waals surface area contributed by atoms with Crippen LogP contribution in [0.25, 0.3) is 22.8 Å². The van der Waals surface area contributed by atoms with Crippen molar-refractivity contribution in [2.24, 2.45) is 0 Å². The maximum atomic E-state index is 12.9. The fourth-order valence-electron chi connectivity index (χ4n) is 3.46. The predicted molar refractivity (Wildman–Crippen MR) is 124 cm³/mol. The first-order valence-electron chi connectivity index (χ1n) is 10.1. The molecule has 4 aromatic rings. The summed E-state index contributed by atoms with van der Waals surface area (Å²) in [5, 5.41) is 18.1. The maximum absolute atomic E-state index is 12.9. The predicted octanol–water partition coefficient (Wildman–Crippen LogP) is 4.89. The summed E-state index contributed by atoms with van der Waals surface area (Å²) in [6.45, 7) is 1.53. The number of amides is 1. The highest BCUT2D eigenvalue weighted by Gasteiger charge is 2.20. The summed E-state index contributed by atoms with van der Waals surface area (Å²) in [7, 11) is 3.08. The molecule has 0 atom stereocenters. The third kappa shape index (κ3) is 4.29. The number of anilines is 1. The van der Waals surface area contributed by atoms with Gasteiger partial charge >= 0.3 is 0 Å². The molecule has 3 aromatic carbocycles. The molecule has 0 aliphatic carbocycles. The Bertz CT molecular complexity index is 1380. The number of rotatable bonds is 7. The molecular formula is C24H20N4O6. The second kappa shape index (κ2) is 9.41. The zero-order valence-electron chi connectivity index (χ0n) is 18.6. The minimum absolute atomic E-state index is 0.127. The molecule has 10 nitrogen and oxygen atoms in total. The number of nitrogens with one attached hydrogen (secondary N) is 1. The number of benzene rings is 3. The topological polar surface area (TPSA) is 130 Å². The number of carbonyl (C=O) groups excluding carboxylic acids is 1. The molecule has 0 spiro atoms. The van der Waals surface area contributed by atoms with E-state index in [-0.39, 0.29) is 22.7 Å². The van der Waals surface area contributed by atoms with Crippen LogP contribution in [0.15, 0.2) is 65.2 Å². The Morgan fingerprint density at radius 1 is 1.03 bits per heavy atom. The lowest BCUT2D eigenvalue weighted by Gasteiger charge is -2.10. The Hall–Kier alpha value is -4.73. The Morgan fingerprint density at radius 2 is 1.79 bits per heavy atom. The van der Waals surface area contributed by atoms with Crippen LogP contribution in [-0.4, -0.2) is 35.2 Å². The summed E-state index contributed by atoms with van der Waals surface area (Å²) in [6.07, 6.45) is 0. The van der Waals surface area contributed by atoms with E-state index in [0.29, 0.717) is 34.1 Å². The van der Waals surface area contributed by atoms with Crippen LogP contribution < -0.4 is 14.8 Å². The van der Waals surface area contributed by atoms with Gasteiger partial charge in [0.15, 0.2) is 11.5 Å². The van der Waals surface area contributed by atoms with Crippen molar-refractivity contribution in [2.75, 3.05) is 19.5 Å². The quantitative estimate of drug-likeness (QED) is 0.305. The van der Waals surface area contributed by atoms with Crippen LogP contribution in [0.3, 0.4) is 0 Å². The molecule has 0 bridgehead atoms. The molecule has 34 heavy (non-hydrogen) atoms. The minimum atomic E-state index is -0.520. The summed E-state index contributed by atoms with van der Waals surface area (Å²) < 4.78 is 16.0. The van der Waals surface area contributed by atoms with E-state index < -0.39 is 10.8 Å². The van der Waals surface area contributed by atoms with Crippen LogP contribution in [0.4, 0.5) is 11.4 Å². The Kier molecular flexibility index (Phi) is 6.22. The molecule has 172 valence electrons. The highest BCUT2D eigenvalue weighted by Crippen LogP contribution is 2.33. The van der Waals surface area contributed by atoms with Crippen molar-refractivity contribution in [1.29, 1.82) is 0 Å². The Balaban J connectivity index is 1.65. The first-order chi connectivity index (χ1) is 16.4. The number of hydrogen-bond donors (Lipinski definition) is 1. The van der Waals surface area contributed by atoms with Crippen LogP contribution in [-0.2, 0) is 0 Å². The molecule has 0 aliphatic heterocycles. The van der Waals surface area contributed by atoms with E-state index in [1.807, 2.05) is 0 Å². The van der Waals surface area contributed by atoms with E-state index in [1.54, 1.807) is 49.6 Å². The van der Waals surface area contributed by atoms with Gasteiger partial charge in [-0.25, -0.2) is 0 Å². The fourth-order valence-corrected chi connectivity index (χ4v) is 3.46. The van der Waals surface area contributed by atoms with E-state index in [9.17, 15) is 14.9 Å². The fraction of sp³-hybridized carbons (Fsp3) is 0.125. The maximum Gasteiger partial charge on any atom is 0.273 e. The van der Waals surface area contributed by atoms with Gasteiger partial charge < -0.3 is 19.3 Å². The van der Waals surface area contributed by atoms with Gasteiger partial charge in [0.05, 0.1) is 30.4 Å². The molecule has 0 saturated carbocycles. The molecule has 1 aromatic heterocycles. The number of nitrogens with zero attached hydrogens (tertiary/aromatic N) is 3. The number of nitro benzene ring substituents is 1. The standard InChI is InChI=1S/C24H20N4O6/c1-14-16(8-6-10-19(14)28(30)31)23(29)25-18-9-5-4-7-17(18)24-26-22(27-34-24)15-11-12-20(32-2)21(13-15)33-3/h4-13H,1-3H3,(H,25,29).